The predicted molar refractivity (Wildman–Crippen MR) is 102 cm³/mol. The van der Waals surface area contributed by atoms with Crippen LogP contribution in [-0.4, -0.2) is 54.9 Å². The quantitative estimate of drug-likeness (QED) is 0.285. The molecule has 0 aromatic carbocycles. The van der Waals surface area contributed by atoms with Crippen molar-refractivity contribution in [2.24, 2.45) is 5.92 Å². The first-order valence-electron chi connectivity index (χ1n) is 8.67. The number of hydrogen-bond acceptors (Lipinski definition) is 7. The molecule has 9 heteroatoms. The first-order valence-corrected chi connectivity index (χ1v) is 10.6. The smallest absolute Gasteiger partial charge is 0.352 e. The lowest BCUT2D eigenvalue weighted by atomic mass is 9.96. The number of fused-ring (bicyclic) bond motifs is 1. The Kier molecular flexibility index (Phi) is 6.55. The van der Waals surface area contributed by atoms with Crippen LogP contribution in [0.1, 0.15) is 26.2 Å². The van der Waals surface area contributed by atoms with E-state index in [1.807, 2.05) is 0 Å². The van der Waals surface area contributed by atoms with Crippen molar-refractivity contribution in [2.45, 2.75) is 42.0 Å². The number of β-lactam (4-membered cyclic amide) rings is 1. The highest BCUT2D eigenvalue weighted by molar-refractivity contribution is 8.01. The summed E-state index contributed by atoms with van der Waals surface area (Å²) in [6.45, 7) is 2.96. The third-order valence-corrected chi connectivity index (χ3v) is 6.72. The Labute approximate surface area is 161 Å². The summed E-state index contributed by atoms with van der Waals surface area (Å²) < 4.78 is 0. The van der Waals surface area contributed by atoms with E-state index in [-0.39, 0.29) is 28.3 Å². The standard InChI is InChI=1S/C17H22N4O3S2/c1-2-3-4-6-20-14(26-12-10-18-7-8-19-12)13-15(22)21-11(17(23)24)5-9-25-16(13)21/h5,7-8,10,13-14,16,20H,2-4,6,9H2,1H3,(H,23,24)/t13?,14?,16-/m0/s1. The van der Waals surface area contributed by atoms with Crippen molar-refractivity contribution in [3.8, 4) is 0 Å². The number of aliphatic carboxylic acids is 1. The summed E-state index contributed by atoms with van der Waals surface area (Å²) in [4.78, 5) is 33.9. The van der Waals surface area contributed by atoms with Crippen molar-refractivity contribution < 1.29 is 14.7 Å². The van der Waals surface area contributed by atoms with Crippen LogP contribution in [0, 0.1) is 5.92 Å². The second-order valence-electron chi connectivity index (χ2n) is 6.10. The molecule has 26 heavy (non-hydrogen) atoms. The molecule has 1 aromatic heterocycles. The topological polar surface area (TPSA) is 95.4 Å². The molecule has 2 unspecified atom stereocenters. The van der Waals surface area contributed by atoms with E-state index in [1.54, 1.807) is 36.4 Å². The van der Waals surface area contributed by atoms with Gasteiger partial charge in [0.05, 0.1) is 22.9 Å². The number of unbranched alkanes of at least 4 members (excludes halogenated alkanes) is 2. The van der Waals surface area contributed by atoms with Crippen molar-refractivity contribution in [1.29, 1.82) is 0 Å². The third-order valence-electron chi connectivity index (χ3n) is 4.35. The lowest BCUT2D eigenvalue weighted by molar-refractivity contribution is -0.152. The Morgan fingerprint density at radius 2 is 2.35 bits per heavy atom. The molecule has 0 aliphatic carbocycles. The highest BCUT2D eigenvalue weighted by Gasteiger charge is 2.55. The molecule has 3 atom stereocenters. The number of carbonyl (C=O) groups is 2. The molecule has 0 spiro atoms. The molecule has 3 heterocycles. The first-order chi connectivity index (χ1) is 12.6. The zero-order valence-electron chi connectivity index (χ0n) is 14.5. The van der Waals surface area contributed by atoms with Crippen LogP contribution in [0.2, 0.25) is 0 Å². The van der Waals surface area contributed by atoms with Crippen LogP contribution in [0.5, 0.6) is 0 Å². The molecule has 0 radical (unpaired) electrons. The average Bonchev–Trinajstić information content (AvgIpc) is 2.65. The average molecular weight is 395 g/mol. The number of hydrogen-bond donors (Lipinski definition) is 2. The number of thioether (sulfide) groups is 2. The van der Waals surface area contributed by atoms with Crippen molar-refractivity contribution in [3.05, 3.63) is 30.4 Å². The van der Waals surface area contributed by atoms with Gasteiger partial charge in [-0.25, -0.2) is 9.78 Å². The monoisotopic (exact) mass is 394 g/mol. The molecule has 2 aliphatic rings. The van der Waals surface area contributed by atoms with Crippen molar-refractivity contribution in [2.75, 3.05) is 12.3 Å². The zero-order chi connectivity index (χ0) is 18.5. The van der Waals surface area contributed by atoms with Gasteiger partial charge in [0, 0.05) is 18.1 Å². The minimum absolute atomic E-state index is 0.101. The zero-order valence-corrected chi connectivity index (χ0v) is 16.1. The summed E-state index contributed by atoms with van der Waals surface area (Å²) in [7, 11) is 0. The number of carboxylic acids is 1. The van der Waals surface area contributed by atoms with Gasteiger partial charge in [-0.1, -0.05) is 31.5 Å². The fourth-order valence-corrected chi connectivity index (χ4v) is 5.57. The van der Waals surface area contributed by atoms with E-state index >= 15 is 0 Å². The summed E-state index contributed by atoms with van der Waals surface area (Å²) in [6, 6.07) is 0. The van der Waals surface area contributed by atoms with E-state index in [0.29, 0.717) is 5.75 Å². The summed E-state index contributed by atoms with van der Waals surface area (Å²) >= 11 is 3.09. The summed E-state index contributed by atoms with van der Waals surface area (Å²) in [5.74, 6) is -0.863. The second-order valence-corrected chi connectivity index (χ2v) is 8.41. The molecule has 2 aliphatic heterocycles. The molecule has 1 aromatic rings. The maximum Gasteiger partial charge on any atom is 0.352 e. The molecule has 1 saturated heterocycles. The Balaban J connectivity index is 1.73. The molecule has 2 N–H and O–H groups in total. The molecule has 140 valence electrons. The van der Waals surface area contributed by atoms with E-state index in [9.17, 15) is 14.7 Å². The summed E-state index contributed by atoms with van der Waals surface area (Å²) in [5.41, 5.74) is 0.101. The largest absolute Gasteiger partial charge is 0.477 e. The Bertz CT molecular complexity index is 686. The van der Waals surface area contributed by atoms with E-state index in [1.165, 1.54) is 16.7 Å². The fraction of sp³-hybridized carbons (Fsp3) is 0.529. The van der Waals surface area contributed by atoms with Crippen molar-refractivity contribution in [1.82, 2.24) is 20.2 Å². The van der Waals surface area contributed by atoms with Crippen LogP contribution in [0.3, 0.4) is 0 Å². The Hall–Kier alpha value is -1.58. The van der Waals surface area contributed by atoms with Gasteiger partial charge >= 0.3 is 5.97 Å². The van der Waals surface area contributed by atoms with Gasteiger partial charge in [-0.05, 0) is 19.0 Å². The maximum absolute atomic E-state index is 12.8. The number of nitrogens with one attached hydrogen (secondary N) is 1. The third kappa shape index (κ3) is 4.05. The van der Waals surface area contributed by atoms with E-state index in [4.69, 9.17) is 0 Å². The van der Waals surface area contributed by atoms with Gasteiger partial charge < -0.3 is 10.4 Å². The van der Waals surface area contributed by atoms with Gasteiger partial charge in [-0.2, -0.15) is 0 Å². The summed E-state index contributed by atoms with van der Waals surface area (Å²) in [5, 5.41) is 13.3. The highest BCUT2D eigenvalue weighted by Crippen LogP contribution is 2.45. The molecule has 0 saturated carbocycles. The number of carbonyl (C=O) groups excluding carboxylic acids is 1. The molecular formula is C17H22N4O3S2. The first kappa shape index (κ1) is 19.2. The highest BCUT2D eigenvalue weighted by atomic mass is 32.2. The van der Waals surface area contributed by atoms with Crippen LogP contribution in [0.25, 0.3) is 0 Å². The lowest BCUT2D eigenvalue weighted by Crippen LogP contribution is -2.65. The number of rotatable bonds is 9. The maximum atomic E-state index is 12.8. The van der Waals surface area contributed by atoms with Crippen LogP contribution in [-0.2, 0) is 9.59 Å². The minimum Gasteiger partial charge on any atom is -0.477 e. The second kappa shape index (κ2) is 8.88. The van der Waals surface area contributed by atoms with E-state index in [2.05, 4.69) is 22.2 Å². The molecule has 1 fully saturated rings. The fourth-order valence-electron chi connectivity index (χ4n) is 3.05. The van der Waals surface area contributed by atoms with Gasteiger partial charge in [0.15, 0.2) is 0 Å². The van der Waals surface area contributed by atoms with Gasteiger partial charge in [-0.15, -0.1) is 11.8 Å². The van der Waals surface area contributed by atoms with Gasteiger partial charge in [-0.3, -0.25) is 14.7 Å². The Morgan fingerprint density at radius 3 is 3.04 bits per heavy atom. The number of carboxylic acid groups (broad SMARTS) is 1. The minimum atomic E-state index is -1.05. The summed E-state index contributed by atoms with van der Waals surface area (Å²) in [6.07, 6.45) is 9.84. The van der Waals surface area contributed by atoms with Gasteiger partial charge in [0.25, 0.3) is 0 Å². The van der Waals surface area contributed by atoms with E-state index < -0.39 is 5.97 Å². The van der Waals surface area contributed by atoms with Crippen LogP contribution in [0.15, 0.2) is 35.4 Å². The van der Waals surface area contributed by atoms with Gasteiger partial charge in [0.1, 0.15) is 10.7 Å². The van der Waals surface area contributed by atoms with Crippen LogP contribution < -0.4 is 5.32 Å². The molecule has 1 amide bonds. The number of nitrogens with zero attached hydrogens (tertiary/aromatic N) is 3. The van der Waals surface area contributed by atoms with E-state index in [0.717, 1.165) is 30.8 Å². The molecule has 7 nitrogen and oxygen atoms in total. The van der Waals surface area contributed by atoms with Crippen molar-refractivity contribution in [3.63, 3.8) is 0 Å². The molecular weight excluding hydrogens is 372 g/mol. The molecule has 0 bridgehead atoms. The SMILES string of the molecule is CCCCCNC(Sc1cnccn1)C1C(=O)N2C(C(=O)O)=CCS[C@@H]12. The lowest BCUT2D eigenvalue weighted by Gasteiger charge is -2.50. The molecule has 3 rings (SSSR count). The predicted octanol–water partition coefficient (Wildman–Crippen LogP) is 2.17. The van der Waals surface area contributed by atoms with Crippen LogP contribution in [0.4, 0.5) is 0 Å². The Morgan fingerprint density at radius 1 is 1.50 bits per heavy atom. The van der Waals surface area contributed by atoms with Crippen LogP contribution >= 0.6 is 23.5 Å². The van der Waals surface area contributed by atoms with Crippen molar-refractivity contribution >= 4 is 35.4 Å². The normalized spacial score (nSPS) is 23.0. The number of aromatic nitrogens is 2. The number of amides is 1. The van der Waals surface area contributed by atoms with Gasteiger partial charge in [0.2, 0.25) is 5.91 Å².